The van der Waals surface area contributed by atoms with E-state index >= 15 is 0 Å². The van der Waals surface area contributed by atoms with Gasteiger partial charge in [-0.2, -0.15) is 0 Å². The van der Waals surface area contributed by atoms with Crippen LogP contribution in [0.3, 0.4) is 0 Å². The van der Waals surface area contributed by atoms with E-state index in [4.69, 9.17) is 16.3 Å². The Hall–Kier alpha value is -1.57. The predicted octanol–water partition coefficient (Wildman–Crippen LogP) is 3.81. The van der Waals surface area contributed by atoms with E-state index in [1.807, 2.05) is 20.8 Å². The number of carbonyl (C=O) groups excluding carboxylic acids is 3. The summed E-state index contributed by atoms with van der Waals surface area (Å²) in [4.78, 5) is 36.7. The second-order valence-corrected chi connectivity index (χ2v) is 11.7. The first-order valence-electron chi connectivity index (χ1n) is 12.2. The molecule has 8 heteroatoms. The van der Waals surface area contributed by atoms with Crippen molar-refractivity contribution in [3.05, 3.63) is 23.6 Å². The average Bonchev–Trinajstić information content (AvgIpc) is 2.99. The Bertz CT molecular complexity index is 992. The van der Waals surface area contributed by atoms with Crippen molar-refractivity contribution in [3.63, 3.8) is 0 Å². The van der Waals surface area contributed by atoms with Crippen molar-refractivity contribution in [3.8, 4) is 0 Å². The highest BCUT2D eigenvalue weighted by Crippen LogP contribution is 2.72. The van der Waals surface area contributed by atoms with Crippen molar-refractivity contribution in [2.75, 3.05) is 6.61 Å². The SMILES string of the molecule is CCCC(=O)O[C@]1(C(=O)CO)[C@H](C)C[C@H]2[C@@H]3CCC4=C(F)C(=O)C=C[C@]4(C)[C@@]3(Cl)[C@@H](O)C[C@@]21C. The lowest BCUT2D eigenvalue weighted by Gasteiger charge is -2.64. The Balaban J connectivity index is 1.85. The minimum atomic E-state index is -1.58. The van der Waals surface area contributed by atoms with Crippen LogP contribution in [-0.4, -0.2) is 50.9 Å². The molecular formula is C26H34ClFO6. The van der Waals surface area contributed by atoms with Gasteiger partial charge in [0.05, 0.1) is 11.0 Å². The van der Waals surface area contributed by atoms with Crippen LogP contribution in [0.25, 0.3) is 0 Å². The molecule has 0 aromatic rings. The van der Waals surface area contributed by atoms with E-state index in [9.17, 15) is 29.0 Å². The van der Waals surface area contributed by atoms with Gasteiger partial charge in [0.1, 0.15) is 6.61 Å². The molecule has 0 heterocycles. The number of carbonyl (C=O) groups is 3. The normalized spacial score (nSPS) is 45.5. The number of hydrogen-bond donors (Lipinski definition) is 2. The largest absolute Gasteiger partial charge is 0.450 e. The van der Waals surface area contributed by atoms with Crippen molar-refractivity contribution < 1.29 is 33.7 Å². The van der Waals surface area contributed by atoms with E-state index in [1.54, 1.807) is 13.0 Å². The molecule has 0 aromatic heterocycles. The molecule has 0 aliphatic heterocycles. The van der Waals surface area contributed by atoms with Gasteiger partial charge in [-0.3, -0.25) is 14.4 Å². The monoisotopic (exact) mass is 496 g/mol. The van der Waals surface area contributed by atoms with Gasteiger partial charge in [-0.1, -0.05) is 33.8 Å². The number of aliphatic hydroxyl groups excluding tert-OH is 2. The van der Waals surface area contributed by atoms with Crippen molar-refractivity contribution in [2.45, 2.75) is 82.8 Å². The summed E-state index contributed by atoms with van der Waals surface area (Å²) < 4.78 is 20.9. The van der Waals surface area contributed by atoms with Crippen LogP contribution in [0.15, 0.2) is 23.6 Å². The van der Waals surface area contributed by atoms with Gasteiger partial charge in [-0.05, 0) is 55.6 Å². The lowest BCUT2D eigenvalue weighted by molar-refractivity contribution is -0.203. The van der Waals surface area contributed by atoms with Crippen LogP contribution < -0.4 is 0 Å². The summed E-state index contributed by atoms with van der Waals surface area (Å²) in [6.07, 6.45) is 3.61. The maximum Gasteiger partial charge on any atom is 0.306 e. The number of esters is 1. The van der Waals surface area contributed by atoms with Gasteiger partial charge in [0, 0.05) is 23.2 Å². The van der Waals surface area contributed by atoms with Crippen molar-refractivity contribution in [2.24, 2.45) is 28.6 Å². The standard InChI is InChI=1S/C26H34ClFO6/c1-5-6-21(33)34-26(20(32)13-29)14(2)11-17-15-7-8-16-22(28)18(30)9-10-23(16,3)25(15,27)19(31)12-24(17,26)4/h9-10,14-15,17,19,29,31H,5-8,11-13H2,1-4H3/t14-,15+,17+,19+,23+,24+,25+,26+/m1/s1. The minimum absolute atomic E-state index is 0.0411. The molecule has 4 rings (SSSR count). The maximum atomic E-state index is 14.9. The Labute approximate surface area is 204 Å². The molecule has 3 fully saturated rings. The number of fused-ring (bicyclic) bond motifs is 5. The first kappa shape index (κ1) is 25.5. The summed E-state index contributed by atoms with van der Waals surface area (Å²) in [6, 6.07) is 0. The number of allylic oxidation sites excluding steroid dienone is 4. The van der Waals surface area contributed by atoms with Crippen LogP contribution in [-0.2, 0) is 19.1 Å². The Morgan fingerprint density at radius 2 is 1.97 bits per heavy atom. The third kappa shape index (κ3) is 2.96. The lowest BCUT2D eigenvalue weighted by Crippen LogP contribution is -2.69. The van der Waals surface area contributed by atoms with Gasteiger partial charge >= 0.3 is 5.97 Å². The highest BCUT2D eigenvalue weighted by Gasteiger charge is 2.76. The zero-order chi connectivity index (χ0) is 25.3. The molecule has 0 spiro atoms. The minimum Gasteiger partial charge on any atom is -0.450 e. The molecule has 0 amide bonds. The van der Waals surface area contributed by atoms with Gasteiger partial charge in [0.15, 0.2) is 11.4 Å². The van der Waals surface area contributed by atoms with E-state index in [0.29, 0.717) is 31.3 Å². The summed E-state index contributed by atoms with van der Waals surface area (Å²) in [6.45, 7) is 6.52. The number of alkyl halides is 1. The quantitative estimate of drug-likeness (QED) is 0.443. The molecule has 0 bridgehead atoms. The van der Waals surface area contributed by atoms with Crippen LogP contribution in [0.4, 0.5) is 4.39 Å². The summed E-state index contributed by atoms with van der Waals surface area (Å²) in [5, 5.41) is 21.5. The maximum absolute atomic E-state index is 14.9. The van der Waals surface area contributed by atoms with Crippen molar-refractivity contribution in [1.29, 1.82) is 0 Å². The molecule has 0 aromatic carbocycles. The molecule has 0 saturated heterocycles. The number of Topliss-reactive ketones (excluding diaryl/α,β-unsaturated/α-hetero) is 1. The number of hydrogen-bond acceptors (Lipinski definition) is 6. The molecular weight excluding hydrogens is 463 g/mol. The van der Waals surface area contributed by atoms with Crippen LogP contribution >= 0.6 is 11.6 Å². The van der Waals surface area contributed by atoms with Gasteiger partial charge in [0.25, 0.3) is 0 Å². The Morgan fingerprint density at radius 1 is 1.29 bits per heavy atom. The number of ether oxygens (including phenoxy) is 1. The lowest BCUT2D eigenvalue weighted by atomic mass is 9.45. The molecule has 3 saturated carbocycles. The Morgan fingerprint density at radius 3 is 2.59 bits per heavy atom. The third-order valence-electron chi connectivity index (χ3n) is 9.56. The van der Waals surface area contributed by atoms with Crippen LogP contribution in [0.5, 0.6) is 0 Å². The fraction of sp³-hybridized carbons (Fsp3) is 0.731. The van der Waals surface area contributed by atoms with E-state index in [0.717, 1.165) is 0 Å². The predicted molar refractivity (Wildman–Crippen MR) is 124 cm³/mol. The molecule has 2 N–H and O–H groups in total. The fourth-order valence-corrected chi connectivity index (χ4v) is 8.55. The van der Waals surface area contributed by atoms with Crippen LogP contribution in [0.1, 0.15) is 66.2 Å². The van der Waals surface area contributed by atoms with E-state index < -0.39 is 63.3 Å². The van der Waals surface area contributed by atoms with Gasteiger partial charge in [0.2, 0.25) is 11.6 Å². The van der Waals surface area contributed by atoms with E-state index in [-0.39, 0.29) is 24.7 Å². The zero-order valence-electron chi connectivity index (χ0n) is 20.2. The molecule has 34 heavy (non-hydrogen) atoms. The molecule has 4 aliphatic carbocycles. The van der Waals surface area contributed by atoms with E-state index in [1.165, 1.54) is 6.08 Å². The highest BCUT2D eigenvalue weighted by atomic mass is 35.5. The molecule has 0 unspecified atom stereocenters. The van der Waals surface area contributed by atoms with E-state index in [2.05, 4.69) is 0 Å². The van der Waals surface area contributed by atoms with Gasteiger partial charge in [-0.15, -0.1) is 11.6 Å². The number of ketones is 2. The summed E-state index contributed by atoms with van der Waals surface area (Å²) in [7, 11) is 0. The van der Waals surface area contributed by atoms with Crippen molar-refractivity contribution in [1.82, 2.24) is 0 Å². The average molecular weight is 497 g/mol. The Kier molecular flexibility index (Phi) is 6.19. The molecule has 6 nitrogen and oxygen atoms in total. The van der Waals surface area contributed by atoms with Crippen molar-refractivity contribution >= 4 is 29.1 Å². The topological polar surface area (TPSA) is 101 Å². The number of aliphatic hydroxyl groups is 2. The summed E-state index contributed by atoms with van der Waals surface area (Å²) in [5.74, 6) is -3.52. The first-order valence-corrected chi connectivity index (χ1v) is 12.6. The number of halogens is 2. The first-order chi connectivity index (χ1) is 15.8. The van der Waals surface area contributed by atoms with Crippen LogP contribution in [0.2, 0.25) is 0 Å². The molecule has 0 radical (unpaired) electrons. The number of rotatable bonds is 5. The molecule has 188 valence electrons. The van der Waals surface area contributed by atoms with Crippen LogP contribution in [0, 0.1) is 28.6 Å². The molecule has 8 atom stereocenters. The van der Waals surface area contributed by atoms with Gasteiger partial charge < -0.3 is 14.9 Å². The second kappa shape index (κ2) is 8.24. The smallest absolute Gasteiger partial charge is 0.306 e. The van der Waals surface area contributed by atoms with Gasteiger partial charge in [-0.25, -0.2) is 4.39 Å². The highest BCUT2D eigenvalue weighted by molar-refractivity contribution is 6.26. The zero-order valence-corrected chi connectivity index (χ0v) is 21.0. The fourth-order valence-electron chi connectivity index (χ4n) is 8.03. The second-order valence-electron chi connectivity index (χ2n) is 11.0. The summed E-state index contributed by atoms with van der Waals surface area (Å²) >= 11 is 7.34. The summed E-state index contributed by atoms with van der Waals surface area (Å²) in [5.41, 5.74) is -3.32. The molecule has 4 aliphatic rings. The third-order valence-corrected chi connectivity index (χ3v) is 10.5.